The molecular formula is C16H20N2O6S. The number of hydrogen-bond donors (Lipinski definition) is 2. The summed E-state index contributed by atoms with van der Waals surface area (Å²) < 4.78 is 31.3. The van der Waals surface area contributed by atoms with Crippen molar-refractivity contribution < 1.29 is 27.9 Å². The van der Waals surface area contributed by atoms with Crippen molar-refractivity contribution in [1.82, 2.24) is 9.62 Å². The first-order valence-corrected chi connectivity index (χ1v) is 9.08. The highest BCUT2D eigenvalue weighted by atomic mass is 32.2. The third-order valence-corrected chi connectivity index (χ3v) is 5.45. The van der Waals surface area contributed by atoms with Crippen molar-refractivity contribution in [2.75, 3.05) is 27.2 Å². The minimum absolute atomic E-state index is 0.0285. The van der Waals surface area contributed by atoms with E-state index in [-0.39, 0.29) is 23.1 Å². The van der Waals surface area contributed by atoms with E-state index in [1.807, 2.05) is 0 Å². The number of sulfonamides is 1. The van der Waals surface area contributed by atoms with Gasteiger partial charge in [0.05, 0.1) is 13.0 Å². The van der Waals surface area contributed by atoms with Crippen molar-refractivity contribution >= 4 is 28.0 Å². The minimum atomic E-state index is -3.70. The Hall–Kier alpha value is -2.39. The maximum atomic E-state index is 12.1. The second-order valence-corrected chi connectivity index (χ2v) is 7.41. The van der Waals surface area contributed by atoms with Crippen LogP contribution >= 0.6 is 0 Å². The van der Waals surface area contributed by atoms with Gasteiger partial charge in [-0.3, -0.25) is 9.59 Å². The summed E-state index contributed by atoms with van der Waals surface area (Å²) in [6, 6.07) is 4.53. The van der Waals surface area contributed by atoms with Gasteiger partial charge >= 0.3 is 5.97 Å². The Morgan fingerprint density at radius 3 is 2.68 bits per heavy atom. The quantitative estimate of drug-likeness (QED) is 0.709. The molecule has 0 saturated carbocycles. The van der Waals surface area contributed by atoms with E-state index in [9.17, 15) is 18.0 Å². The Labute approximate surface area is 146 Å². The molecule has 0 spiro atoms. The van der Waals surface area contributed by atoms with Gasteiger partial charge in [-0.25, -0.2) is 13.1 Å². The first-order valence-electron chi connectivity index (χ1n) is 7.60. The molecular weight excluding hydrogens is 348 g/mol. The van der Waals surface area contributed by atoms with E-state index in [1.165, 1.54) is 43.3 Å². The lowest BCUT2D eigenvalue weighted by Gasteiger charge is -2.13. The number of likely N-dealkylation sites (tertiary alicyclic amines) is 1. The van der Waals surface area contributed by atoms with Crippen molar-refractivity contribution in [3.63, 3.8) is 0 Å². The van der Waals surface area contributed by atoms with Crippen LogP contribution in [0.2, 0.25) is 0 Å². The zero-order chi connectivity index (χ0) is 18.6. The number of carbonyl (C=O) groups is 2. The van der Waals surface area contributed by atoms with Gasteiger partial charge in [0.2, 0.25) is 15.9 Å². The second-order valence-electron chi connectivity index (χ2n) is 5.56. The largest absolute Gasteiger partial charge is 0.495 e. The molecule has 1 aliphatic heterocycles. The molecule has 1 amide bonds. The molecule has 1 unspecified atom stereocenters. The SMILES string of the molecule is CNS(=O)(=O)c1cc(C=CC(=O)N2CCC(C(=O)O)C2)ccc1OC. The monoisotopic (exact) mass is 368 g/mol. The maximum Gasteiger partial charge on any atom is 0.308 e. The lowest BCUT2D eigenvalue weighted by atomic mass is 10.1. The van der Waals surface area contributed by atoms with Crippen LogP contribution in [0.5, 0.6) is 5.75 Å². The maximum absolute atomic E-state index is 12.1. The van der Waals surface area contributed by atoms with E-state index in [1.54, 1.807) is 6.07 Å². The molecule has 2 rings (SSSR count). The number of benzene rings is 1. The summed E-state index contributed by atoms with van der Waals surface area (Å²) >= 11 is 0. The average Bonchev–Trinajstić information content (AvgIpc) is 3.10. The number of nitrogens with zero attached hydrogens (tertiary/aromatic N) is 1. The van der Waals surface area contributed by atoms with Crippen LogP contribution in [0, 0.1) is 5.92 Å². The van der Waals surface area contributed by atoms with Crippen LogP contribution in [0.3, 0.4) is 0 Å². The van der Waals surface area contributed by atoms with E-state index in [0.29, 0.717) is 18.5 Å². The number of amides is 1. The Bertz CT molecular complexity index is 803. The van der Waals surface area contributed by atoms with Gasteiger partial charge in [0, 0.05) is 19.2 Å². The number of nitrogens with one attached hydrogen (secondary N) is 1. The molecule has 25 heavy (non-hydrogen) atoms. The van der Waals surface area contributed by atoms with Crippen LogP contribution in [0.25, 0.3) is 6.08 Å². The summed E-state index contributed by atoms with van der Waals surface area (Å²) in [5.41, 5.74) is 0.511. The first-order chi connectivity index (χ1) is 11.8. The topological polar surface area (TPSA) is 113 Å². The van der Waals surface area contributed by atoms with Crippen molar-refractivity contribution in [3.05, 3.63) is 29.8 Å². The average molecular weight is 368 g/mol. The van der Waals surface area contributed by atoms with E-state index >= 15 is 0 Å². The summed E-state index contributed by atoms with van der Waals surface area (Å²) in [6.07, 6.45) is 3.23. The molecule has 1 saturated heterocycles. The van der Waals surface area contributed by atoms with E-state index < -0.39 is 21.9 Å². The summed E-state index contributed by atoms with van der Waals surface area (Å²) in [5, 5.41) is 8.97. The molecule has 1 aliphatic rings. The summed E-state index contributed by atoms with van der Waals surface area (Å²) in [6.45, 7) is 0.572. The smallest absolute Gasteiger partial charge is 0.308 e. The van der Waals surface area contributed by atoms with Crippen LogP contribution in [-0.2, 0) is 19.6 Å². The lowest BCUT2D eigenvalue weighted by Crippen LogP contribution is -2.28. The zero-order valence-electron chi connectivity index (χ0n) is 13.9. The highest BCUT2D eigenvalue weighted by Gasteiger charge is 2.29. The van der Waals surface area contributed by atoms with Gasteiger partial charge in [-0.15, -0.1) is 0 Å². The summed E-state index contributed by atoms with van der Waals surface area (Å²) in [7, 11) is -1.03. The van der Waals surface area contributed by atoms with Crippen molar-refractivity contribution in [3.8, 4) is 5.75 Å². The fourth-order valence-corrected chi connectivity index (χ4v) is 3.48. The number of carboxylic acid groups (broad SMARTS) is 1. The molecule has 0 radical (unpaired) electrons. The van der Waals surface area contributed by atoms with Gasteiger partial charge < -0.3 is 14.7 Å². The Morgan fingerprint density at radius 2 is 2.12 bits per heavy atom. The standard InChI is InChI=1S/C16H20N2O6S/c1-17-25(22,23)14-9-11(3-5-13(14)24-2)4-6-15(19)18-8-7-12(10-18)16(20)21/h3-6,9,12,17H,7-8,10H2,1-2H3,(H,20,21). The predicted molar refractivity (Wildman–Crippen MR) is 90.6 cm³/mol. The molecule has 136 valence electrons. The van der Waals surface area contributed by atoms with E-state index in [2.05, 4.69) is 4.72 Å². The van der Waals surface area contributed by atoms with E-state index in [4.69, 9.17) is 9.84 Å². The van der Waals surface area contributed by atoms with Crippen LogP contribution in [0.1, 0.15) is 12.0 Å². The molecule has 0 aromatic heterocycles. The molecule has 0 aliphatic carbocycles. The van der Waals surface area contributed by atoms with Gasteiger partial charge in [0.15, 0.2) is 0 Å². The molecule has 0 bridgehead atoms. The van der Waals surface area contributed by atoms with Crippen molar-refractivity contribution in [2.24, 2.45) is 5.92 Å². The van der Waals surface area contributed by atoms with Crippen LogP contribution in [0.4, 0.5) is 0 Å². The molecule has 8 nitrogen and oxygen atoms in total. The number of methoxy groups -OCH3 is 1. The highest BCUT2D eigenvalue weighted by molar-refractivity contribution is 7.89. The fraction of sp³-hybridized carbons (Fsp3) is 0.375. The minimum Gasteiger partial charge on any atom is -0.495 e. The molecule has 1 aromatic rings. The van der Waals surface area contributed by atoms with Crippen molar-refractivity contribution in [2.45, 2.75) is 11.3 Å². The number of rotatable bonds is 6. The molecule has 1 fully saturated rings. The van der Waals surface area contributed by atoms with Crippen LogP contribution in [-0.4, -0.2) is 57.5 Å². The van der Waals surface area contributed by atoms with Crippen molar-refractivity contribution in [1.29, 1.82) is 0 Å². The predicted octanol–water partition coefficient (Wildman–Crippen LogP) is 0.550. The van der Waals surface area contributed by atoms with Gasteiger partial charge in [0.25, 0.3) is 0 Å². The van der Waals surface area contributed by atoms with Gasteiger partial charge in [-0.1, -0.05) is 6.07 Å². The Kier molecular flexibility index (Phi) is 5.81. The second kappa shape index (κ2) is 7.66. The fourth-order valence-electron chi connectivity index (χ4n) is 2.55. The number of carbonyl (C=O) groups excluding carboxylic acids is 1. The normalized spacial score (nSPS) is 17.8. The van der Waals surface area contributed by atoms with E-state index in [0.717, 1.165) is 0 Å². The van der Waals surface area contributed by atoms with Crippen LogP contribution in [0.15, 0.2) is 29.2 Å². The third kappa shape index (κ3) is 4.37. The van der Waals surface area contributed by atoms with Gasteiger partial charge in [0.1, 0.15) is 10.6 Å². The molecule has 1 heterocycles. The van der Waals surface area contributed by atoms with Gasteiger partial charge in [-0.05, 0) is 37.2 Å². The third-order valence-electron chi connectivity index (χ3n) is 4.01. The molecule has 2 N–H and O–H groups in total. The number of ether oxygens (including phenoxy) is 1. The Balaban J connectivity index is 2.17. The number of aliphatic carboxylic acids is 1. The number of hydrogen-bond acceptors (Lipinski definition) is 5. The first kappa shape index (κ1) is 18.9. The molecule has 1 atom stereocenters. The number of carboxylic acids is 1. The van der Waals surface area contributed by atoms with Gasteiger partial charge in [-0.2, -0.15) is 0 Å². The molecule has 9 heteroatoms. The Morgan fingerprint density at radius 1 is 1.40 bits per heavy atom. The van der Waals surface area contributed by atoms with Crippen LogP contribution < -0.4 is 9.46 Å². The zero-order valence-corrected chi connectivity index (χ0v) is 14.7. The summed E-state index contributed by atoms with van der Waals surface area (Å²) in [4.78, 5) is 24.5. The molecule has 1 aromatic carbocycles. The lowest BCUT2D eigenvalue weighted by molar-refractivity contribution is -0.141. The highest BCUT2D eigenvalue weighted by Crippen LogP contribution is 2.25. The summed E-state index contributed by atoms with van der Waals surface area (Å²) in [5.74, 6) is -1.55.